The lowest BCUT2D eigenvalue weighted by atomic mass is 10.4. The number of nitrogens with one attached hydrogen (secondary N) is 1. The monoisotopic (exact) mass is 223 g/mol. The number of hydrogen-bond donors (Lipinski definition) is 2. The predicted octanol–water partition coefficient (Wildman–Crippen LogP) is -0.258. The Balaban J connectivity index is 3.40. The third-order valence-corrected chi connectivity index (χ3v) is 3.08. The van der Waals surface area contributed by atoms with Crippen LogP contribution in [0.25, 0.3) is 0 Å². The molecule has 0 aliphatic rings. The Labute approximate surface area is 88.5 Å². The molecule has 0 rings (SSSR count). The smallest absolute Gasteiger partial charge is 0.0779 e. The van der Waals surface area contributed by atoms with Gasteiger partial charge in [0.15, 0.2) is 0 Å². The van der Waals surface area contributed by atoms with Crippen molar-refractivity contribution in [1.29, 1.82) is 0 Å². The van der Waals surface area contributed by atoms with E-state index in [0.29, 0.717) is 24.7 Å². The molecule has 0 aliphatic carbocycles. The number of aliphatic hydroxyl groups is 1. The molecular weight excluding hydrogens is 202 g/mol. The van der Waals surface area contributed by atoms with Gasteiger partial charge in [-0.1, -0.05) is 6.92 Å². The van der Waals surface area contributed by atoms with Crippen molar-refractivity contribution in [3.63, 3.8) is 0 Å². The minimum absolute atomic E-state index is 0.333. The molecule has 0 aromatic carbocycles. The van der Waals surface area contributed by atoms with E-state index in [9.17, 15) is 9.32 Å². The molecule has 4 nitrogen and oxygen atoms in total. The van der Waals surface area contributed by atoms with Gasteiger partial charge in [0.1, 0.15) is 0 Å². The molecule has 5 heteroatoms. The van der Waals surface area contributed by atoms with Crippen molar-refractivity contribution in [1.82, 2.24) is 5.32 Å². The second kappa shape index (κ2) is 9.58. The molecule has 86 valence electrons. The van der Waals surface area contributed by atoms with Gasteiger partial charge in [0.25, 0.3) is 0 Å². The van der Waals surface area contributed by atoms with Gasteiger partial charge in [-0.3, -0.25) is 4.21 Å². The molecule has 0 amide bonds. The molecule has 0 aliphatic heterocycles. The predicted molar refractivity (Wildman–Crippen MR) is 58.9 cm³/mol. The first-order valence-electron chi connectivity index (χ1n) is 4.93. The molecule has 0 saturated heterocycles. The molecule has 0 radical (unpaired) electrons. The molecule has 2 N–H and O–H groups in total. The van der Waals surface area contributed by atoms with Crippen LogP contribution in [0.15, 0.2) is 0 Å². The maximum Gasteiger partial charge on any atom is 0.0779 e. The normalized spacial score (nSPS) is 15.4. The molecule has 0 fully saturated rings. The summed E-state index contributed by atoms with van der Waals surface area (Å²) < 4.78 is 16.1. The van der Waals surface area contributed by atoms with E-state index in [0.717, 1.165) is 13.0 Å². The number of methoxy groups -OCH3 is 1. The number of hydrogen-bond acceptors (Lipinski definition) is 4. The lowest BCUT2D eigenvalue weighted by Gasteiger charge is -2.10. The molecule has 0 aromatic heterocycles. The van der Waals surface area contributed by atoms with Gasteiger partial charge >= 0.3 is 0 Å². The third-order valence-electron chi connectivity index (χ3n) is 1.70. The van der Waals surface area contributed by atoms with Gasteiger partial charge in [0, 0.05) is 30.2 Å². The molecule has 0 spiro atoms. The van der Waals surface area contributed by atoms with Crippen LogP contribution in [0.3, 0.4) is 0 Å². The van der Waals surface area contributed by atoms with Gasteiger partial charge < -0.3 is 15.2 Å². The Morgan fingerprint density at radius 3 is 2.86 bits per heavy atom. The fourth-order valence-electron chi connectivity index (χ4n) is 0.979. The van der Waals surface area contributed by atoms with Crippen molar-refractivity contribution >= 4 is 10.8 Å². The van der Waals surface area contributed by atoms with Crippen LogP contribution in [0, 0.1) is 0 Å². The Hall–Kier alpha value is 0.0300. The third kappa shape index (κ3) is 8.62. The van der Waals surface area contributed by atoms with Crippen molar-refractivity contribution < 1.29 is 14.1 Å². The van der Waals surface area contributed by atoms with E-state index in [1.165, 1.54) is 0 Å². The molecule has 14 heavy (non-hydrogen) atoms. The summed E-state index contributed by atoms with van der Waals surface area (Å²) in [7, 11) is 0.609. The van der Waals surface area contributed by atoms with E-state index in [1.807, 2.05) is 0 Å². The van der Waals surface area contributed by atoms with Gasteiger partial charge in [-0.15, -0.1) is 0 Å². The largest absolute Gasteiger partial charge is 0.391 e. The second-order valence-corrected chi connectivity index (χ2v) is 4.78. The Kier molecular flexibility index (Phi) is 9.60. The summed E-state index contributed by atoms with van der Waals surface area (Å²) >= 11 is 0. The van der Waals surface area contributed by atoms with Crippen LogP contribution in [0.4, 0.5) is 0 Å². The quantitative estimate of drug-likeness (QED) is 0.529. The average Bonchev–Trinajstić information content (AvgIpc) is 2.15. The van der Waals surface area contributed by atoms with Crippen molar-refractivity contribution in [2.24, 2.45) is 0 Å². The summed E-state index contributed by atoms with van der Waals surface area (Å²) in [6.45, 7) is 3.96. The number of aliphatic hydroxyl groups excluding tert-OH is 1. The average molecular weight is 223 g/mol. The van der Waals surface area contributed by atoms with Crippen molar-refractivity contribution in [2.45, 2.75) is 19.4 Å². The maximum absolute atomic E-state index is 11.3. The van der Waals surface area contributed by atoms with E-state index < -0.39 is 16.9 Å². The highest BCUT2D eigenvalue weighted by Gasteiger charge is 2.08. The van der Waals surface area contributed by atoms with Crippen molar-refractivity contribution in [3.05, 3.63) is 0 Å². The standard InChI is InChI=1S/C9H21NO3S/c1-3-4-10-7-9(11)8-14(12)6-5-13-2/h9-11H,3-8H2,1-2H3. The molecule has 0 bridgehead atoms. The molecule has 0 saturated carbocycles. The Morgan fingerprint density at radius 1 is 1.57 bits per heavy atom. The first-order chi connectivity index (χ1) is 6.70. The summed E-state index contributed by atoms with van der Waals surface area (Å²) in [5.74, 6) is 0.835. The van der Waals surface area contributed by atoms with E-state index in [-0.39, 0.29) is 0 Å². The molecule has 2 unspecified atom stereocenters. The fourth-order valence-corrected chi connectivity index (χ4v) is 2.04. The zero-order valence-corrected chi connectivity index (χ0v) is 9.81. The van der Waals surface area contributed by atoms with Gasteiger partial charge in [0.05, 0.1) is 18.5 Å². The molecule has 2 atom stereocenters. The topological polar surface area (TPSA) is 58.6 Å². The van der Waals surface area contributed by atoms with Crippen LogP contribution < -0.4 is 5.32 Å². The highest BCUT2D eigenvalue weighted by molar-refractivity contribution is 7.85. The minimum atomic E-state index is -0.970. The molecule has 0 aromatic rings. The second-order valence-electron chi connectivity index (χ2n) is 3.16. The van der Waals surface area contributed by atoms with Crippen LogP contribution in [0.5, 0.6) is 0 Å². The van der Waals surface area contributed by atoms with Crippen LogP contribution in [0.1, 0.15) is 13.3 Å². The maximum atomic E-state index is 11.3. The zero-order chi connectivity index (χ0) is 10.8. The zero-order valence-electron chi connectivity index (χ0n) is 8.99. The van der Waals surface area contributed by atoms with Gasteiger partial charge in [0.2, 0.25) is 0 Å². The van der Waals surface area contributed by atoms with Gasteiger partial charge in [-0.05, 0) is 13.0 Å². The highest BCUT2D eigenvalue weighted by atomic mass is 32.2. The molecular formula is C9H21NO3S. The number of ether oxygens (including phenoxy) is 1. The lowest BCUT2D eigenvalue weighted by molar-refractivity contribution is 0.194. The van der Waals surface area contributed by atoms with Crippen molar-refractivity contribution in [2.75, 3.05) is 38.3 Å². The van der Waals surface area contributed by atoms with Gasteiger partial charge in [-0.2, -0.15) is 0 Å². The van der Waals surface area contributed by atoms with Crippen LogP contribution >= 0.6 is 0 Å². The minimum Gasteiger partial charge on any atom is -0.391 e. The SMILES string of the molecule is CCCNCC(O)CS(=O)CCOC. The van der Waals surface area contributed by atoms with Crippen LogP contribution in [0.2, 0.25) is 0 Å². The van der Waals surface area contributed by atoms with E-state index in [1.54, 1.807) is 7.11 Å². The van der Waals surface area contributed by atoms with Gasteiger partial charge in [-0.25, -0.2) is 0 Å². The Bertz CT molecular complexity index is 155. The summed E-state index contributed by atoms with van der Waals surface area (Å²) in [6, 6.07) is 0. The first-order valence-corrected chi connectivity index (χ1v) is 6.42. The summed E-state index contributed by atoms with van der Waals surface area (Å²) in [5, 5.41) is 12.5. The first kappa shape index (κ1) is 14.0. The Morgan fingerprint density at radius 2 is 2.29 bits per heavy atom. The van der Waals surface area contributed by atoms with Crippen LogP contribution in [-0.2, 0) is 15.5 Å². The summed E-state index contributed by atoms with van der Waals surface area (Å²) in [4.78, 5) is 0. The van der Waals surface area contributed by atoms with E-state index in [4.69, 9.17) is 4.74 Å². The highest BCUT2D eigenvalue weighted by Crippen LogP contribution is 1.89. The van der Waals surface area contributed by atoms with E-state index >= 15 is 0 Å². The lowest BCUT2D eigenvalue weighted by Crippen LogP contribution is -2.32. The summed E-state index contributed by atoms with van der Waals surface area (Å²) in [5.41, 5.74) is 0. The van der Waals surface area contributed by atoms with Crippen molar-refractivity contribution in [3.8, 4) is 0 Å². The number of rotatable bonds is 9. The van der Waals surface area contributed by atoms with Crippen LogP contribution in [-0.4, -0.2) is 53.7 Å². The molecule has 0 heterocycles. The fraction of sp³-hybridized carbons (Fsp3) is 1.00. The van der Waals surface area contributed by atoms with E-state index in [2.05, 4.69) is 12.2 Å². The summed E-state index contributed by atoms with van der Waals surface area (Å²) in [6.07, 6.45) is 0.527.